The first kappa shape index (κ1) is 33.1. The molecule has 3 heterocycles. The van der Waals surface area contributed by atoms with E-state index in [1.54, 1.807) is 11.5 Å². The van der Waals surface area contributed by atoms with Crippen LogP contribution in [0.3, 0.4) is 0 Å². The Morgan fingerprint density at radius 1 is 1.17 bits per heavy atom. The number of rotatable bonds is 8. The van der Waals surface area contributed by atoms with Gasteiger partial charge in [0.05, 0.1) is 47.5 Å². The minimum Gasteiger partial charge on any atom is -0.450 e. The topological polar surface area (TPSA) is 134 Å². The molecule has 3 aromatic rings. The first-order valence-electron chi connectivity index (χ1n) is 14.2. The van der Waals surface area contributed by atoms with Gasteiger partial charge in [0.15, 0.2) is 0 Å². The quantitative estimate of drug-likeness (QED) is 0.199. The summed E-state index contributed by atoms with van der Waals surface area (Å²) < 4.78 is 26.0. The van der Waals surface area contributed by atoms with Crippen LogP contribution in [-0.2, 0) is 40.3 Å². The third-order valence-corrected chi connectivity index (χ3v) is 8.06. The molecule has 11 heteroatoms. The predicted molar refractivity (Wildman–Crippen MR) is 164 cm³/mol. The molecule has 1 aliphatic heterocycles. The van der Waals surface area contributed by atoms with Gasteiger partial charge in [-0.05, 0) is 75.3 Å². The minimum absolute atomic E-state index is 0.250. The van der Waals surface area contributed by atoms with Crippen LogP contribution in [0.15, 0.2) is 16.9 Å². The molecular weight excluding hydrogens is 561 g/mol. The average Bonchev–Trinajstić information content (AvgIpc) is 3.31. The van der Waals surface area contributed by atoms with E-state index in [1.807, 2.05) is 40.7 Å². The molecule has 2 aliphatic rings. The van der Waals surface area contributed by atoms with E-state index in [2.05, 4.69) is 4.74 Å². The SMILES string of the molecule is CC.CC(C)OCCSCC(N)=O.Cc1cc2n(c(=O)c1COC(=O)O)Cc1c-2nc2cc(F)c(C)c3c2c1CCC3. The lowest BCUT2D eigenvalue weighted by Crippen LogP contribution is -2.25. The Morgan fingerprint density at radius 3 is 2.50 bits per heavy atom. The van der Waals surface area contributed by atoms with Gasteiger partial charge in [0.2, 0.25) is 5.91 Å². The number of halogens is 1. The lowest BCUT2D eigenvalue weighted by atomic mass is 9.85. The van der Waals surface area contributed by atoms with Crippen molar-refractivity contribution < 1.29 is 28.6 Å². The summed E-state index contributed by atoms with van der Waals surface area (Å²) in [6.45, 7) is 12.3. The highest BCUT2D eigenvalue weighted by molar-refractivity contribution is 7.99. The normalized spacial score (nSPS) is 12.6. The van der Waals surface area contributed by atoms with Gasteiger partial charge in [-0.25, -0.2) is 14.2 Å². The van der Waals surface area contributed by atoms with E-state index in [0.29, 0.717) is 46.8 Å². The van der Waals surface area contributed by atoms with Crippen molar-refractivity contribution in [2.75, 3.05) is 18.1 Å². The van der Waals surface area contributed by atoms with Crippen molar-refractivity contribution in [2.45, 2.75) is 80.1 Å². The molecule has 0 fully saturated rings. The van der Waals surface area contributed by atoms with Gasteiger partial charge >= 0.3 is 6.16 Å². The number of aryl methyl sites for hydroxylation is 3. The van der Waals surface area contributed by atoms with Crippen molar-refractivity contribution in [3.05, 3.63) is 61.7 Å². The minimum atomic E-state index is -1.42. The molecule has 5 rings (SSSR count). The third-order valence-electron chi connectivity index (χ3n) is 7.12. The molecule has 9 nitrogen and oxygen atoms in total. The number of carboxylic acid groups (broad SMARTS) is 1. The highest BCUT2D eigenvalue weighted by Gasteiger charge is 2.30. The molecule has 0 bridgehead atoms. The second kappa shape index (κ2) is 14.6. The molecular formula is C31H40FN3O6S. The maximum absolute atomic E-state index is 14.5. The number of nitrogens with zero attached hydrogens (tertiary/aromatic N) is 2. The largest absolute Gasteiger partial charge is 0.506 e. The Labute approximate surface area is 249 Å². The summed E-state index contributed by atoms with van der Waals surface area (Å²) in [6.07, 6.45) is 1.49. The monoisotopic (exact) mass is 601 g/mol. The Hall–Kier alpha value is -3.44. The van der Waals surface area contributed by atoms with Crippen LogP contribution in [0.25, 0.3) is 22.3 Å². The second-order valence-electron chi connectivity index (χ2n) is 10.2. The Kier molecular flexibility index (Phi) is 11.5. The highest BCUT2D eigenvalue weighted by Crippen LogP contribution is 2.41. The number of fused-ring (bicyclic) bond motifs is 4. The van der Waals surface area contributed by atoms with Crippen LogP contribution in [-0.4, -0.2) is 50.9 Å². The maximum Gasteiger partial charge on any atom is 0.506 e. The fraction of sp³-hybridized carbons (Fsp3) is 0.484. The molecule has 0 radical (unpaired) electrons. The van der Waals surface area contributed by atoms with Crippen LogP contribution in [0.4, 0.5) is 9.18 Å². The number of primary amides is 1. The number of thioether (sulfide) groups is 1. The van der Waals surface area contributed by atoms with E-state index in [4.69, 9.17) is 20.6 Å². The third kappa shape index (κ3) is 7.30. The van der Waals surface area contributed by atoms with Crippen molar-refractivity contribution >= 4 is 34.7 Å². The summed E-state index contributed by atoms with van der Waals surface area (Å²) in [6, 6.07) is 3.33. The van der Waals surface area contributed by atoms with Gasteiger partial charge in [0.1, 0.15) is 12.4 Å². The summed E-state index contributed by atoms with van der Waals surface area (Å²) in [5, 5.41) is 9.80. The van der Waals surface area contributed by atoms with Crippen LogP contribution >= 0.6 is 11.8 Å². The molecule has 42 heavy (non-hydrogen) atoms. The van der Waals surface area contributed by atoms with Crippen LogP contribution < -0.4 is 11.3 Å². The van der Waals surface area contributed by atoms with Crippen LogP contribution in [0, 0.1) is 19.7 Å². The summed E-state index contributed by atoms with van der Waals surface area (Å²) in [5.74, 6) is 0.711. The zero-order valence-corrected chi connectivity index (χ0v) is 26.0. The van der Waals surface area contributed by atoms with Gasteiger partial charge in [-0.2, -0.15) is 0 Å². The van der Waals surface area contributed by atoms with Crippen LogP contribution in [0.5, 0.6) is 0 Å². The maximum atomic E-state index is 14.5. The first-order chi connectivity index (χ1) is 20.0. The summed E-state index contributed by atoms with van der Waals surface area (Å²) in [7, 11) is 0. The van der Waals surface area contributed by atoms with E-state index in [-0.39, 0.29) is 30.0 Å². The number of aromatic nitrogens is 2. The van der Waals surface area contributed by atoms with E-state index in [1.165, 1.54) is 17.8 Å². The van der Waals surface area contributed by atoms with E-state index in [9.17, 15) is 18.8 Å². The number of ether oxygens (including phenoxy) is 2. The highest BCUT2D eigenvalue weighted by atomic mass is 32.2. The number of pyridine rings is 2. The van der Waals surface area contributed by atoms with Gasteiger partial charge in [-0.15, -0.1) is 11.8 Å². The van der Waals surface area contributed by atoms with Crippen molar-refractivity contribution in [3.63, 3.8) is 0 Å². The lowest BCUT2D eigenvalue weighted by Gasteiger charge is -2.21. The zero-order valence-electron chi connectivity index (χ0n) is 25.1. The number of carbonyl (C=O) groups is 2. The molecule has 0 spiro atoms. The van der Waals surface area contributed by atoms with Crippen molar-refractivity contribution in [3.8, 4) is 11.4 Å². The smallest absolute Gasteiger partial charge is 0.450 e. The summed E-state index contributed by atoms with van der Waals surface area (Å²) in [5.41, 5.74) is 11.5. The van der Waals surface area contributed by atoms with Gasteiger partial charge in [-0.3, -0.25) is 9.59 Å². The standard InChI is InChI=1S/C22H19FN2O4.C7H15NO2S.C2H6/c1-10-6-18-20-14(8-25(18)21(26)15(10)9-29-22(27)28)13-5-3-4-12-11(2)16(23)7-17(24-20)19(12)13;1-6(2)10-3-4-11-5-7(8)9;1-2/h6-7H,3-5,8-9H2,1-2H3,(H,27,28);6H,3-5H2,1-2H3,(H2,8,9);1-2H3. The zero-order chi connectivity index (χ0) is 31.1. The number of hydrogen-bond donors (Lipinski definition) is 2. The summed E-state index contributed by atoms with van der Waals surface area (Å²) >= 11 is 1.50. The number of hydrogen-bond acceptors (Lipinski definition) is 7. The fourth-order valence-corrected chi connectivity index (χ4v) is 5.81. The Bertz CT molecular complexity index is 1540. The summed E-state index contributed by atoms with van der Waals surface area (Å²) in [4.78, 5) is 38.8. The Morgan fingerprint density at radius 2 is 1.86 bits per heavy atom. The van der Waals surface area contributed by atoms with Crippen LogP contribution in [0.1, 0.15) is 67.5 Å². The molecule has 1 aromatic carbocycles. The van der Waals surface area contributed by atoms with Crippen molar-refractivity contribution in [1.29, 1.82) is 0 Å². The molecule has 3 N–H and O–H groups in total. The molecule has 0 unspecified atom stereocenters. The molecule has 0 atom stereocenters. The van der Waals surface area contributed by atoms with Crippen molar-refractivity contribution in [2.24, 2.45) is 5.73 Å². The lowest BCUT2D eigenvalue weighted by molar-refractivity contribution is -0.115. The average molecular weight is 602 g/mol. The van der Waals surface area contributed by atoms with E-state index < -0.39 is 6.16 Å². The number of nitrogens with two attached hydrogens (primary N) is 1. The van der Waals surface area contributed by atoms with E-state index >= 15 is 0 Å². The molecule has 0 saturated carbocycles. The molecule has 0 saturated heterocycles. The molecule has 228 valence electrons. The van der Waals surface area contributed by atoms with Gasteiger partial charge < -0.3 is 24.9 Å². The van der Waals surface area contributed by atoms with Crippen molar-refractivity contribution in [1.82, 2.24) is 9.55 Å². The first-order valence-corrected chi connectivity index (χ1v) is 15.4. The predicted octanol–water partition coefficient (Wildman–Crippen LogP) is 5.52. The Balaban J connectivity index is 0.000000317. The molecule has 2 aromatic heterocycles. The molecule has 1 aliphatic carbocycles. The number of benzene rings is 1. The van der Waals surface area contributed by atoms with Gasteiger partial charge in [0, 0.05) is 22.8 Å². The van der Waals surface area contributed by atoms with Gasteiger partial charge in [0.25, 0.3) is 5.56 Å². The number of amides is 1. The van der Waals surface area contributed by atoms with Crippen LogP contribution in [0.2, 0.25) is 0 Å². The van der Waals surface area contributed by atoms with Gasteiger partial charge in [-0.1, -0.05) is 13.8 Å². The molecule has 1 amide bonds. The second-order valence-corrected chi connectivity index (χ2v) is 11.3. The van der Waals surface area contributed by atoms with E-state index in [0.717, 1.165) is 52.8 Å². The fourth-order valence-electron chi connectivity index (χ4n) is 5.25. The number of carbonyl (C=O) groups excluding carboxylic acids is 1.